The van der Waals surface area contributed by atoms with Gasteiger partial charge in [0.1, 0.15) is 0 Å². The van der Waals surface area contributed by atoms with E-state index in [1.807, 2.05) is 0 Å². The minimum Gasteiger partial charge on any atom is -0.392 e. The van der Waals surface area contributed by atoms with Gasteiger partial charge in [0.05, 0.1) is 16.1 Å². The zero-order valence-corrected chi connectivity index (χ0v) is 10.6. The van der Waals surface area contributed by atoms with E-state index in [0.29, 0.717) is 5.92 Å². The van der Waals surface area contributed by atoms with Crippen LogP contribution in [0.5, 0.6) is 0 Å². The van der Waals surface area contributed by atoms with Crippen molar-refractivity contribution in [2.75, 3.05) is 0 Å². The van der Waals surface area contributed by atoms with Crippen LogP contribution in [0.25, 0.3) is 0 Å². The molecule has 66 valence electrons. The fourth-order valence-electron chi connectivity index (χ4n) is 1.38. The molecule has 0 spiro atoms. The monoisotopic (exact) mass is 382 g/mol. The molecule has 4 heteroatoms. The van der Waals surface area contributed by atoms with Crippen LogP contribution in [-0.2, 0) is 0 Å². The molecule has 0 aromatic carbocycles. The van der Waals surface area contributed by atoms with Crippen LogP contribution in [-0.4, -0.2) is 30.3 Å². The molecule has 1 aliphatic rings. The van der Waals surface area contributed by atoms with Gasteiger partial charge in [-0.25, -0.2) is 0 Å². The average molecular weight is 382 g/mol. The lowest BCUT2D eigenvalue weighted by Crippen LogP contribution is -2.47. The van der Waals surface area contributed by atoms with Crippen molar-refractivity contribution in [1.29, 1.82) is 0 Å². The molecule has 1 fully saturated rings. The molecule has 2 nitrogen and oxygen atoms in total. The molecule has 1 saturated carbocycles. The van der Waals surface area contributed by atoms with Crippen molar-refractivity contribution in [1.82, 2.24) is 0 Å². The second kappa shape index (κ2) is 4.06. The number of hydrogen-bond donors (Lipinski definition) is 2. The summed E-state index contributed by atoms with van der Waals surface area (Å²) in [4.78, 5) is 0. The van der Waals surface area contributed by atoms with Crippen molar-refractivity contribution < 1.29 is 10.2 Å². The summed E-state index contributed by atoms with van der Waals surface area (Å²) in [5.74, 6) is 0.423. The fourth-order valence-corrected chi connectivity index (χ4v) is 3.66. The van der Waals surface area contributed by atoms with Gasteiger partial charge in [-0.2, -0.15) is 0 Å². The van der Waals surface area contributed by atoms with Gasteiger partial charge in [0.2, 0.25) is 0 Å². The molecule has 0 amide bonds. The highest BCUT2D eigenvalue weighted by molar-refractivity contribution is 14.1. The summed E-state index contributed by atoms with van der Waals surface area (Å²) >= 11 is 4.40. The van der Waals surface area contributed by atoms with E-state index < -0.39 is 0 Å². The summed E-state index contributed by atoms with van der Waals surface area (Å²) in [6, 6.07) is 0. The Labute approximate surface area is 94.0 Å². The Kier molecular flexibility index (Phi) is 3.86. The lowest BCUT2D eigenvalue weighted by molar-refractivity contribution is 0.0411. The molecule has 1 unspecified atom stereocenters. The molecule has 1 aliphatic carbocycles. The highest BCUT2D eigenvalue weighted by Gasteiger charge is 2.38. The van der Waals surface area contributed by atoms with E-state index in [0.717, 1.165) is 6.42 Å². The molecule has 11 heavy (non-hydrogen) atoms. The quantitative estimate of drug-likeness (QED) is 0.491. The van der Waals surface area contributed by atoms with Crippen LogP contribution in [0.4, 0.5) is 0 Å². The smallest absolute Gasteiger partial charge is 0.0802 e. The Morgan fingerprint density at radius 3 is 2.27 bits per heavy atom. The van der Waals surface area contributed by atoms with Gasteiger partial charge in [-0.3, -0.25) is 0 Å². The Bertz CT molecular complexity index is 128. The van der Waals surface area contributed by atoms with Gasteiger partial charge in [-0.05, 0) is 12.3 Å². The minimum absolute atomic E-state index is 0.00528. The third-order valence-corrected chi connectivity index (χ3v) is 5.71. The lowest BCUT2D eigenvalue weighted by atomic mass is 9.87. The van der Waals surface area contributed by atoms with E-state index in [4.69, 9.17) is 0 Å². The normalized spacial score (nSPS) is 52.6. The Balaban J connectivity index is 2.63. The van der Waals surface area contributed by atoms with Crippen molar-refractivity contribution in [2.45, 2.75) is 33.4 Å². The van der Waals surface area contributed by atoms with Crippen molar-refractivity contribution >= 4 is 45.2 Å². The van der Waals surface area contributed by atoms with E-state index in [1.165, 1.54) is 0 Å². The number of rotatable bonds is 0. The van der Waals surface area contributed by atoms with Gasteiger partial charge in [-0.1, -0.05) is 52.1 Å². The van der Waals surface area contributed by atoms with Gasteiger partial charge < -0.3 is 10.2 Å². The predicted molar refractivity (Wildman–Crippen MR) is 61.4 cm³/mol. The van der Waals surface area contributed by atoms with Gasteiger partial charge in [0.15, 0.2) is 0 Å². The van der Waals surface area contributed by atoms with Crippen LogP contribution < -0.4 is 0 Å². The summed E-state index contributed by atoms with van der Waals surface area (Å²) in [6.45, 7) is 2.08. The first-order chi connectivity index (χ1) is 5.04. The van der Waals surface area contributed by atoms with Crippen molar-refractivity contribution in [2.24, 2.45) is 5.92 Å². The third-order valence-electron chi connectivity index (χ3n) is 2.18. The Hall–Kier alpha value is 1.38. The van der Waals surface area contributed by atoms with Crippen LogP contribution in [0.1, 0.15) is 13.3 Å². The molecule has 0 radical (unpaired) electrons. The van der Waals surface area contributed by atoms with Gasteiger partial charge in [-0.15, -0.1) is 0 Å². The number of aliphatic hydroxyl groups is 2. The predicted octanol–water partition coefficient (Wildman–Crippen LogP) is 1.36. The molecular weight excluding hydrogens is 370 g/mol. The summed E-state index contributed by atoms with van der Waals surface area (Å²) < 4.78 is 0.295. The maximum absolute atomic E-state index is 9.61. The zero-order chi connectivity index (χ0) is 8.59. The van der Waals surface area contributed by atoms with Gasteiger partial charge in [0, 0.05) is 3.92 Å². The highest BCUT2D eigenvalue weighted by atomic mass is 127. The Morgan fingerprint density at radius 2 is 1.73 bits per heavy atom. The molecule has 1 rings (SSSR count). The zero-order valence-electron chi connectivity index (χ0n) is 6.24. The fraction of sp³-hybridized carbons (Fsp3) is 1.00. The summed E-state index contributed by atoms with van der Waals surface area (Å²) in [5, 5.41) is 19.1. The number of alkyl halides is 2. The van der Waals surface area contributed by atoms with Crippen molar-refractivity contribution in [3.8, 4) is 0 Å². The van der Waals surface area contributed by atoms with E-state index in [2.05, 4.69) is 52.1 Å². The molecule has 2 N–H and O–H groups in total. The first-order valence-corrected chi connectivity index (χ1v) is 6.17. The molecule has 0 aromatic heterocycles. The minimum atomic E-state index is -0.352. The largest absolute Gasteiger partial charge is 0.392 e. The number of hydrogen-bond acceptors (Lipinski definition) is 2. The molecule has 0 aromatic rings. The Morgan fingerprint density at radius 1 is 1.18 bits per heavy atom. The van der Waals surface area contributed by atoms with E-state index in [1.54, 1.807) is 0 Å². The van der Waals surface area contributed by atoms with Crippen LogP contribution in [0.2, 0.25) is 0 Å². The van der Waals surface area contributed by atoms with E-state index in [-0.39, 0.29) is 20.1 Å². The SMILES string of the molecule is C[C@H]1CC(O)[C@@H](I)[C@H](O)[C@H]1I. The second-order valence-corrected chi connectivity index (χ2v) is 6.04. The maximum Gasteiger partial charge on any atom is 0.0802 e. The second-order valence-electron chi connectivity index (χ2n) is 3.16. The number of aliphatic hydroxyl groups excluding tert-OH is 2. The molecule has 0 aliphatic heterocycles. The molecule has 5 atom stereocenters. The summed E-state index contributed by atoms with van der Waals surface area (Å²) in [7, 11) is 0. The van der Waals surface area contributed by atoms with E-state index >= 15 is 0 Å². The van der Waals surface area contributed by atoms with Crippen molar-refractivity contribution in [3.05, 3.63) is 0 Å². The first kappa shape index (κ1) is 10.5. The standard InChI is InChI=1S/C7H12I2O2/c1-3-2-4(10)6(9)7(11)5(3)8/h3-7,10-11H,2H2,1H3/t3-,4?,5-,6+,7+/m0/s1. The molecule has 0 bridgehead atoms. The topological polar surface area (TPSA) is 40.5 Å². The van der Waals surface area contributed by atoms with Crippen LogP contribution in [0, 0.1) is 5.92 Å². The summed E-state index contributed by atoms with van der Waals surface area (Å²) in [5.41, 5.74) is 0. The van der Waals surface area contributed by atoms with E-state index in [9.17, 15) is 10.2 Å². The first-order valence-electron chi connectivity index (χ1n) is 3.68. The molecule has 0 heterocycles. The highest BCUT2D eigenvalue weighted by Crippen LogP contribution is 2.34. The third kappa shape index (κ3) is 2.19. The number of halogens is 2. The van der Waals surface area contributed by atoms with Crippen LogP contribution >= 0.6 is 45.2 Å². The van der Waals surface area contributed by atoms with Crippen LogP contribution in [0.3, 0.4) is 0 Å². The van der Waals surface area contributed by atoms with Gasteiger partial charge >= 0.3 is 0 Å². The van der Waals surface area contributed by atoms with Crippen LogP contribution in [0.15, 0.2) is 0 Å². The van der Waals surface area contributed by atoms with Crippen molar-refractivity contribution in [3.63, 3.8) is 0 Å². The molecular formula is C7H12I2O2. The van der Waals surface area contributed by atoms with Gasteiger partial charge in [0.25, 0.3) is 0 Å². The average Bonchev–Trinajstić information content (AvgIpc) is 1.97. The molecule has 0 saturated heterocycles. The summed E-state index contributed by atoms with van der Waals surface area (Å²) in [6.07, 6.45) is 0.139. The lowest BCUT2D eigenvalue weighted by Gasteiger charge is -2.36. The maximum atomic E-state index is 9.61.